The molecule has 8 heteroatoms. The molecule has 1 atom stereocenters. The Hall–Kier alpha value is -0.710. The normalized spacial score (nSPS) is 16.9. The van der Waals surface area contributed by atoms with Crippen LogP contribution in [0.15, 0.2) is 29.3 Å². The third kappa shape index (κ3) is 8.75. The molecule has 1 aliphatic heterocycles. The third-order valence-electron chi connectivity index (χ3n) is 4.55. The SMILES string of the molecule is CN=C(NCCS(=O)C(C)(C)C)NCc1ccccc1CN1CCOCC1.I. The molecule has 28 heavy (non-hydrogen) atoms. The summed E-state index contributed by atoms with van der Waals surface area (Å²) in [7, 11) is 0.895. The van der Waals surface area contributed by atoms with Gasteiger partial charge in [0.25, 0.3) is 0 Å². The summed E-state index contributed by atoms with van der Waals surface area (Å²) in [5.41, 5.74) is 2.60. The molecule has 0 bridgehead atoms. The summed E-state index contributed by atoms with van der Waals surface area (Å²) < 4.78 is 17.4. The smallest absolute Gasteiger partial charge is 0.191 e. The fraction of sp³-hybridized carbons (Fsp3) is 0.650. The van der Waals surface area contributed by atoms with Crippen molar-refractivity contribution in [3.05, 3.63) is 35.4 Å². The van der Waals surface area contributed by atoms with Crippen molar-refractivity contribution in [3.63, 3.8) is 0 Å². The van der Waals surface area contributed by atoms with E-state index in [1.54, 1.807) is 7.05 Å². The Bertz CT molecular complexity index is 643. The number of hydrogen-bond donors (Lipinski definition) is 2. The molecule has 0 amide bonds. The van der Waals surface area contributed by atoms with Gasteiger partial charge in [0.05, 0.1) is 13.2 Å². The minimum absolute atomic E-state index is 0. The van der Waals surface area contributed by atoms with Gasteiger partial charge < -0.3 is 15.4 Å². The number of nitrogens with one attached hydrogen (secondary N) is 2. The summed E-state index contributed by atoms with van der Waals surface area (Å²) in [4.78, 5) is 6.70. The van der Waals surface area contributed by atoms with Crippen LogP contribution in [0, 0.1) is 0 Å². The van der Waals surface area contributed by atoms with Gasteiger partial charge in [-0.05, 0) is 31.9 Å². The summed E-state index contributed by atoms with van der Waals surface area (Å²) in [6.07, 6.45) is 0. The molecular weight excluding hydrogens is 487 g/mol. The van der Waals surface area contributed by atoms with Gasteiger partial charge in [-0.15, -0.1) is 24.0 Å². The predicted molar refractivity (Wildman–Crippen MR) is 129 cm³/mol. The minimum Gasteiger partial charge on any atom is -0.379 e. The van der Waals surface area contributed by atoms with Crippen LogP contribution in [0.3, 0.4) is 0 Å². The average molecular weight is 522 g/mol. The highest BCUT2D eigenvalue weighted by atomic mass is 127. The number of hydrogen-bond acceptors (Lipinski definition) is 4. The van der Waals surface area contributed by atoms with Crippen molar-refractivity contribution in [2.24, 2.45) is 4.99 Å². The van der Waals surface area contributed by atoms with Gasteiger partial charge in [0.2, 0.25) is 0 Å². The van der Waals surface area contributed by atoms with Crippen LogP contribution in [0.5, 0.6) is 0 Å². The number of guanidine groups is 1. The van der Waals surface area contributed by atoms with E-state index in [0.29, 0.717) is 18.8 Å². The largest absolute Gasteiger partial charge is 0.379 e. The van der Waals surface area contributed by atoms with Crippen molar-refractivity contribution >= 4 is 40.7 Å². The Morgan fingerprint density at radius 1 is 1.18 bits per heavy atom. The highest BCUT2D eigenvalue weighted by molar-refractivity contribution is 14.0. The zero-order chi connectivity index (χ0) is 19.7. The molecule has 1 fully saturated rings. The topological polar surface area (TPSA) is 66.0 Å². The van der Waals surface area contributed by atoms with Crippen LogP contribution in [0.1, 0.15) is 31.9 Å². The number of halogens is 1. The third-order valence-corrected chi connectivity index (χ3v) is 6.49. The first-order valence-corrected chi connectivity index (χ1v) is 10.9. The van der Waals surface area contributed by atoms with E-state index in [2.05, 4.69) is 44.8 Å². The first-order valence-electron chi connectivity index (χ1n) is 9.60. The van der Waals surface area contributed by atoms with Crippen LogP contribution >= 0.6 is 24.0 Å². The quantitative estimate of drug-likeness (QED) is 0.327. The first-order chi connectivity index (χ1) is 12.9. The number of benzene rings is 1. The molecule has 1 aromatic carbocycles. The molecule has 0 spiro atoms. The average Bonchev–Trinajstić information content (AvgIpc) is 2.65. The van der Waals surface area contributed by atoms with Gasteiger partial charge in [0.1, 0.15) is 0 Å². The number of rotatable bonds is 7. The second-order valence-corrected chi connectivity index (χ2v) is 10.00. The van der Waals surface area contributed by atoms with Crippen molar-refractivity contribution in [1.82, 2.24) is 15.5 Å². The lowest BCUT2D eigenvalue weighted by Crippen LogP contribution is -2.40. The maximum atomic E-state index is 12.1. The number of aliphatic imine (C=N–C) groups is 1. The zero-order valence-electron chi connectivity index (χ0n) is 17.5. The molecule has 0 saturated carbocycles. The van der Waals surface area contributed by atoms with Crippen LogP contribution in [0.4, 0.5) is 0 Å². The fourth-order valence-electron chi connectivity index (χ4n) is 2.85. The predicted octanol–water partition coefficient (Wildman–Crippen LogP) is 2.35. The monoisotopic (exact) mass is 522 g/mol. The van der Waals surface area contributed by atoms with E-state index < -0.39 is 10.8 Å². The standard InChI is InChI=1S/C20H34N4O2S.HI/c1-20(2,3)27(25)14-9-22-19(21-4)23-15-17-7-5-6-8-18(17)16-24-10-12-26-13-11-24;/h5-8H,9-16H2,1-4H3,(H2,21,22,23);1H. The lowest BCUT2D eigenvalue weighted by atomic mass is 10.1. The van der Waals surface area contributed by atoms with Crippen LogP contribution in [0.2, 0.25) is 0 Å². The lowest BCUT2D eigenvalue weighted by molar-refractivity contribution is 0.0341. The van der Waals surface area contributed by atoms with E-state index in [1.807, 2.05) is 20.8 Å². The molecule has 0 aromatic heterocycles. The van der Waals surface area contributed by atoms with E-state index in [-0.39, 0.29) is 28.7 Å². The molecule has 2 rings (SSSR count). The van der Waals surface area contributed by atoms with Gasteiger partial charge in [0, 0.05) is 61.1 Å². The molecule has 1 saturated heterocycles. The van der Waals surface area contributed by atoms with E-state index >= 15 is 0 Å². The summed E-state index contributed by atoms with van der Waals surface area (Å²) in [6.45, 7) is 11.9. The van der Waals surface area contributed by atoms with Crippen molar-refractivity contribution in [2.75, 3.05) is 45.6 Å². The Kier molecular flexibility index (Phi) is 11.5. The number of ether oxygens (including phenoxy) is 1. The van der Waals surface area contributed by atoms with E-state index in [9.17, 15) is 4.21 Å². The molecule has 1 aromatic rings. The zero-order valence-corrected chi connectivity index (χ0v) is 20.6. The van der Waals surface area contributed by atoms with E-state index in [4.69, 9.17) is 4.74 Å². The highest BCUT2D eigenvalue weighted by Gasteiger charge is 2.18. The van der Waals surface area contributed by atoms with E-state index in [0.717, 1.165) is 38.8 Å². The molecule has 1 heterocycles. The lowest BCUT2D eigenvalue weighted by Gasteiger charge is -2.27. The molecule has 0 radical (unpaired) electrons. The van der Waals surface area contributed by atoms with Crippen molar-refractivity contribution in [3.8, 4) is 0 Å². The van der Waals surface area contributed by atoms with Crippen molar-refractivity contribution in [1.29, 1.82) is 0 Å². The molecule has 0 aliphatic carbocycles. The molecular formula is C20H35IN4O2S. The highest BCUT2D eigenvalue weighted by Crippen LogP contribution is 2.13. The van der Waals surface area contributed by atoms with Crippen LogP contribution in [0.25, 0.3) is 0 Å². The Morgan fingerprint density at radius 2 is 1.82 bits per heavy atom. The van der Waals surface area contributed by atoms with Crippen LogP contribution in [-0.4, -0.2) is 65.5 Å². The first kappa shape index (κ1) is 25.3. The second-order valence-electron chi connectivity index (χ2n) is 7.67. The van der Waals surface area contributed by atoms with Crippen LogP contribution in [-0.2, 0) is 28.6 Å². The van der Waals surface area contributed by atoms with Crippen molar-refractivity contribution in [2.45, 2.75) is 38.6 Å². The second kappa shape index (κ2) is 12.8. The fourth-order valence-corrected chi connectivity index (χ4v) is 3.75. The van der Waals surface area contributed by atoms with Gasteiger partial charge in [0.15, 0.2) is 5.96 Å². The van der Waals surface area contributed by atoms with E-state index in [1.165, 1.54) is 11.1 Å². The molecule has 2 N–H and O–H groups in total. The van der Waals surface area contributed by atoms with Gasteiger partial charge in [-0.1, -0.05) is 24.3 Å². The maximum Gasteiger partial charge on any atom is 0.191 e. The summed E-state index contributed by atoms with van der Waals surface area (Å²) in [5.74, 6) is 1.35. The summed E-state index contributed by atoms with van der Waals surface area (Å²) >= 11 is 0. The Balaban J connectivity index is 0.00000392. The van der Waals surface area contributed by atoms with Gasteiger partial charge in [-0.25, -0.2) is 0 Å². The van der Waals surface area contributed by atoms with Crippen molar-refractivity contribution < 1.29 is 8.95 Å². The molecule has 160 valence electrons. The Morgan fingerprint density at radius 3 is 2.43 bits per heavy atom. The number of morpholine rings is 1. The summed E-state index contributed by atoms with van der Waals surface area (Å²) in [5, 5.41) is 6.63. The number of nitrogens with zero attached hydrogens (tertiary/aromatic N) is 2. The molecule has 1 aliphatic rings. The maximum absolute atomic E-state index is 12.1. The van der Waals surface area contributed by atoms with Gasteiger partial charge in [-0.3, -0.25) is 14.1 Å². The molecule has 6 nitrogen and oxygen atoms in total. The van der Waals surface area contributed by atoms with Gasteiger partial charge in [-0.2, -0.15) is 0 Å². The summed E-state index contributed by atoms with van der Waals surface area (Å²) in [6, 6.07) is 8.51. The van der Waals surface area contributed by atoms with Crippen LogP contribution < -0.4 is 10.6 Å². The Labute approximate surface area is 189 Å². The molecule has 1 unspecified atom stereocenters. The van der Waals surface area contributed by atoms with Gasteiger partial charge >= 0.3 is 0 Å². The minimum atomic E-state index is -0.865.